The molecule has 2 N–H and O–H groups in total. The average Bonchev–Trinajstić information content (AvgIpc) is 2.58. The minimum absolute atomic E-state index is 0.00822. The number of carbonyl (C=O) groups is 1. The second-order valence-electron chi connectivity index (χ2n) is 7.05. The maximum atomic E-state index is 12.4. The molecule has 2 aromatic rings. The van der Waals surface area contributed by atoms with E-state index in [4.69, 9.17) is 9.84 Å². The maximum absolute atomic E-state index is 12.4. The highest BCUT2D eigenvalue weighted by atomic mass is 16.5. The number of methoxy groups -OCH3 is 1. The summed E-state index contributed by atoms with van der Waals surface area (Å²) >= 11 is 0. The third-order valence-electron chi connectivity index (χ3n) is 4.49. The van der Waals surface area contributed by atoms with Gasteiger partial charge in [-0.2, -0.15) is 0 Å². The predicted octanol–water partition coefficient (Wildman–Crippen LogP) is 3.48. The largest absolute Gasteiger partial charge is 0.497 e. The van der Waals surface area contributed by atoms with Crippen LogP contribution >= 0.6 is 0 Å². The number of hydrogen-bond acceptors (Lipinski definition) is 3. The first kappa shape index (κ1) is 18.3. The Labute approximate surface area is 143 Å². The number of rotatable bonds is 7. The van der Waals surface area contributed by atoms with Crippen molar-refractivity contribution in [1.29, 1.82) is 0 Å². The van der Waals surface area contributed by atoms with Gasteiger partial charge in [0, 0.05) is 13.2 Å². The molecule has 0 saturated heterocycles. The second kappa shape index (κ2) is 7.67. The number of carbonyl (C=O) groups excluding carboxylic acids is 1. The molecule has 0 spiro atoms. The number of amides is 1. The maximum Gasteiger partial charge on any atom is 0.227 e. The van der Waals surface area contributed by atoms with Crippen molar-refractivity contribution in [2.75, 3.05) is 20.3 Å². The number of benzene rings is 2. The van der Waals surface area contributed by atoms with Crippen LogP contribution in [0.5, 0.6) is 5.75 Å². The molecule has 0 aliphatic heterocycles. The summed E-state index contributed by atoms with van der Waals surface area (Å²) in [5, 5.41) is 14.3. The highest BCUT2D eigenvalue weighted by Gasteiger charge is 2.21. The van der Waals surface area contributed by atoms with Crippen LogP contribution in [0, 0.1) is 5.41 Å². The quantitative estimate of drug-likeness (QED) is 0.817. The van der Waals surface area contributed by atoms with Crippen LogP contribution in [0.3, 0.4) is 0 Å². The Kier molecular flexibility index (Phi) is 5.84. The van der Waals surface area contributed by atoms with Gasteiger partial charge in [-0.25, -0.2) is 0 Å². The molecule has 0 unspecified atom stereocenters. The lowest BCUT2D eigenvalue weighted by atomic mass is 9.89. The van der Waals surface area contributed by atoms with Gasteiger partial charge in [-0.15, -0.1) is 0 Å². The number of aliphatic hydroxyl groups is 1. The summed E-state index contributed by atoms with van der Waals surface area (Å²) in [5.74, 6) is 0.613. The van der Waals surface area contributed by atoms with E-state index in [0.29, 0.717) is 13.0 Å². The van der Waals surface area contributed by atoms with Crippen molar-refractivity contribution < 1.29 is 14.6 Å². The van der Waals surface area contributed by atoms with E-state index in [1.54, 1.807) is 7.11 Å². The Balaban J connectivity index is 2.09. The molecule has 2 aromatic carbocycles. The molecule has 130 valence electrons. The standard InChI is InChI=1S/C20H27NO3/c1-14(19(23)21-13-20(2,3)9-10-22)15-5-6-17-12-18(24-4)8-7-16(17)11-15/h5-8,11-12,14,22H,9-10,13H2,1-4H3,(H,21,23)/t14-/m0/s1. The van der Waals surface area contributed by atoms with Crippen LogP contribution in [-0.4, -0.2) is 31.3 Å². The van der Waals surface area contributed by atoms with Gasteiger partial charge < -0.3 is 15.2 Å². The van der Waals surface area contributed by atoms with Gasteiger partial charge in [0.05, 0.1) is 13.0 Å². The van der Waals surface area contributed by atoms with E-state index in [1.807, 2.05) is 51.1 Å². The van der Waals surface area contributed by atoms with E-state index >= 15 is 0 Å². The summed E-state index contributed by atoms with van der Waals surface area (Å²) in [7, 11) is 1.65. The zero-order valence-electron chi connectivity index (χ0n) is 14.9. The molecule has 1 amide bonds. The third-order valence-corrected chi connectivity index (χ3v) is 4.49. The minimum atomic E-state index is -0.221. The summed E-state index contributed by atoms with van der Waals surface area (Å²) in [6, 6.07) is 12.0. The van der Waals surface area contributed by atoms with Crippen molar-refractivity contribution in [1.82, 2.24) is 5.32 Å². The molecular weight excluding hydrogens is 302 g/mol. The van der Waals surface area contributed by atoms with Gasteiger partial charge in [-0.3, -0.25) is 4.79 Å². The number of nitrogens with one attached hydrogen (secondary N) is 1. The monoisotopic (exact) mass is 329 g/mol. The highest BCUT2D eigenvalue weighted by Crippen LogP contribution is 2.25. The van der Waals surface area contributed by atoms with Crippen LogP contribution in [0.4, 0.5) is 0 Å². The number of ether oxygens (including phenoxy) is 1. The minimum Gasteiger partial charge on any atom is -0.497 e. The first-order valence-electron chi connectivity index (χ1n) is 8.32. The van der Waals surface area contributed by atoms with Crippen molar-refractivity contribution in [2.45, 2.75) is 33.1 Å². The van der Waals surface area contributed by atoms with Crippen LogP contribution in [0.15, 0.2) is 36.4 Å². The van der Waals surface area contributed by atoms with Crippen molar-refractivity contribution in [3.8, 4) is 5.75 Å². The normalized spacial score (nSPS) is 12.9. The van der Waals surface area contributed by atoms with Crippen molar-refractivity contribution in [3.05, 3.63) is 42.0 Å². The van der Waals surface area contributed by atoms with Crippen LogP contribution < -0.4 is 10.1 Å². The molecule has 4 heteroatoms. The molecule has 0 fully saturated rings. The first-order chi connectivity index (χ1) is 11.4. The highest BCUT2D eigenvalue weighted by molar-refractivity contribution is 5.88. The fraction of sp³-hybridized carbons (Fsp3) is 0.450. The van der Waals surface area contributed by atoms with E-state index in [0.717, 1.165) is 22.1 Å². The lowest BCUT2D eigenvalue weighted by Crippen LogP contribution is -2.36. The van der Waals surface area contributed by atoms with Crippen LogP contribution in [0.2, 0.25) is 0 Å². The van der Waals surface area contributed by atoms with Gasteiger partial charge in [0.15, 0.2) is 0 Å². The zero-order chi connectivity index (χ0) is 17.7. The van der Waals surface area contributed by atoms with E-state index in [-0.39, 0.29) is 23.8 Å². The molecular formula is C20H27NO3. The van der Waals surface area contributed by atoms with Crippen LogP contribution in [0.25, 0.3) is 10.8 Å². The molecule has 1 atom stereocenters. The Morgan fingerprint density at radius 3 is 2.54 bits per heavy atom. The third kappa shape index (κ3) is 4.48. The molecule has 0 aliphatic carbocycles. The second-order valence-corrected chi connectivity index (χ2v) is 7.05. The van der Waals surface area contributed by atoms with E-state index in [9.17, 15) is 4.79 Å². The topological polar surface area (TPSA) is 58.6 Å². The lowest BCUT2D eigenvalue weighted by Gasteiger charge is -2.25. The summed E-state index contributed by atoms with van der Waals surface area (Å²) in [5.41, 5.74) is 0.884. The van der Waals surface area contributed by atoms with Crippen molar-refractivity contribution in [2.24, 2.45) is 5.41 Å². The summed E-state index contributed by atoms with van der Waals surface area (Å²) in [6.07, 6.45) is 0.666. The molecule has 0 aliphatic rings. The summed E-state index contributed by atoms with van der Waals surface area (Å²) < 4.78 is 5.24. The smallest absolute Gasteiger partial charge is 0.227 e. The molecule has 2 rings (SSSR count). The Hall–Kier alpha value is -2.07. The van der Waals surface area contributed by atoms with Gasteiger partial charge in [0.1, 0.15) is 5.75 Å². The molecule has 0 saturated carbocycles. The fourth-order valence-corrected chi connectivity index (χ4v) is 2.66. The van der Waals surface area contributed by atoms with Gasteiger partial charge in [0.25, 0.3) is 0 Å². The Morgan fingerprint density at radius 1 is 1.21 bits per heavy atom. The van der Waals surface area contributed by atoms with Gasteiger partial charge in [-0.05, 0) is 47.2 Å². The summed E-state index contributed by atoms with van der Waals surface area (Å²) in [6.45, 7) is 6.68. The fourth-order valence-electron chi connectivity index (χ4n) is 2.66. The van der Waals surface area contributed by atoms with Crippen LogP contribution in [-0.2, 0) is 4.79 Å². The van der Waals surface area contributed by atoms with Gasteiger partial charge in [0.2, 0.25) is 5.91 Å². The van der Waals surface area contributed by atoms with E-state index < -0.39 is 0 Å². The molecule has 0 aromatic heterocycles. The number of hydrogen-bond donors (Lipinski definition) is 2. The SMILES string of the molecule is COc1ccc2cc([C@H](C)C(=O)NCC(C)(C)CCO)ccc2c1. The molecule has 0 bridgehead atoms. The lowest BCUT2D eigenvalue weighted by molar-refractivity contribution is -0.122. The first-order valence-corrected chi connectivity index (χ1v) is 8.32. The Bertz CT molecular complexity index is 709. The number of aliphatic hydroxyl groups excluding tert-OH is 1. The molecule has 4 nitrogen and oxygen atoms in total. The van der Waals surface area contributed by atoms with Gasteiger partial charge in [-0.1, -0.05) is 38.1 Å². The summed E-state index contributed by atoms with van der Waals surface area (Å²) in [4.78, 5) is 12.4. The van der Waals surface area contributed by atoms with Crippen LogP contribution in [0.1, 0.15) is 38.7 Å². The predicted molar refractivity (Wildman–Crippen MR) is 97.4 cm³/mol. The molecule has 0 radical (unpaired) electrons. The molecule has 24 heavy (non-hydrogen) atoms. The Morgan fingerprint density at radius 2 is 1.88 bits per heavy atom. The van der Waals surface area contributed by atoms with Crippen molar-refractivity contribution in [3.63, 3.8) is 0 Å². The van der Waals surface area contributed by atoms with E-state index in [1.165, 1.54) is 0 Å². The number of fused-ring (bicyclic) bond motifs is 1. The van der Waals surface area contributed by atoms with E-state index in [2.05, 4.69) is 11.4 Å². The zero-order valence-corrected chi connectivity index (χ0v) is 14.9. The van der Waals surface area contributed by atoms with Gasteiger partial charge >= 0.3 is 0 Å². The van der Waals surface area contributed by atoms with Crippen molar-refractivity contribution >= 4 is 16.7 Å². The molecule has 0 heterocycles. The average molecular weight is 329 g/mol.